The number of carbonyl (C=O) groups excluding carboxylic acids is 1. The number of hydrogen-bond donors (Lipinski definition) is 1. The standard InChI is InChI=1S/C10H13F6NO3/c1-4-17(8(2,3)7(19)20)6(18)5(9(11,12)13)10(14,15)16/h5H,4H2,1-3H3,(H,19,20). The largest absolute Gasteiger partial charge is 0.480 e. The van der Waals surface area contributed by atoms with E-state index in [1.54, 1.807) is 0 Å². The van der Waals surface area contributed by atoms with Crippen LogP contribution in [0.2, 0.25) is 0 Å². The minimum Gasteiger partial charge on any atom is -0.480 e. The van der Waals surface area contributed by atoms with Crippen LogP contribution in [0.15, 0.2) is 0 Å². The number of carbonyl (C=O) groups is 2. The first-order chi connectivity index (χ1) is 8.67. The summed E-state index contributed by atoms with van der Waals surface area (Å²) < 4.78 is 74.6. The third kappa shape index (κ3) is 3.76. The molecular weight excluding hydrogens is 296 g/mol. The number of likely N-dealkylation sites (N-methyl/N-ethyl adjacent to an activating group) is 1. The minimum absolute atomic E-state index is 0.0426. The van der Waals surface area contributed by atoms with Gasteiger partial charge in [0.15, 0.2) is 0 Å². The molecule has 0 fully saturated rings. The van der Waals surface area contributed by atoms with Crippen LogP contribution in [0.25, 0.3) is 0 Å². The van der Waals surface area contributed by atoms with E-state index >= 15 is 0 Å². The summed E-state index contributed by atoms with van der Waals surface area (Å²) >= 11 is 0. The van der Waals surface area contributed by atoms with E-state index in [1.165, 1.54) is 0 Å². The van der Waals surface area contributed by atoms with Gasteiger partial charge in [0.05, 0.1) is 0 Å². The number of nitrogens with zero attached hydrogens (tertiary/aromatic N) is 1. The molecule has 0 heterocycles. The van der Waals surface area contributed by atoms with Crippen LogP contribution in [0.3, 0.4) is 0 Å². The SMILES string of the molecule is CCN(C(=O)C(C(F)(F)F)C(F)(F)F)C(C)(C)C(=O)O. The van der Waals surface area contributed by atoms with Crippen LogP contribution in [0.4, 0.5) is 26.3 Å². The van der Waals surface area contributed by atoms with Crippen molar-refractivity contribution in [2.75, 3.05) is 6.54 Å². The summed E-state index contributed by atoms with van der Waals surface area (Å²) in [6, 6.07) is 0. The van der Waals surface area contributed by atoms with Crippen LogP contribution in [-0.2, 0) is 9.59 Å². The van der Waals surface area contributed by atoms with Crippen LogP contribution in [0.5, 0.6) is 0 Å². The molecule has 20 heavy (non-hydrogen) atoms. The van der Waals surface area contributed by atoms with Crippen LogP contribution < -0.4 is 0 Å². The second-order valence-electron chi connectivity index (χ2n) is 4.46. The van der Waals surface area contributed by atoms with E-state index in [1.807, 2.05) is 0 Å². The third-order valence-electron chi connectivity index (χ3n) is 2.68. The van der Waals surface area contributed by atoms with E-state index in [0.717, 1.165) is 20.8 Å². The second-order valence-corrected chi connectivity index (χ2v) is 4.46. The number of halogens is 6. The predicted molar refractivity (Wildman–Crippen MR) is 54.7 cm³/mol. The normalized spacial score (nSPS) is 13.5. The predicted octanol–water partition coefficient (Wildman–Crippen LogP) is 2.44. The smallest absolute Gasteiger partial charge is 0.409 e. The summed E-state index contributed by atoms with van der Waals surface area (Å²) in [7, 11) is 0. The van der Waals surface area contributed by atoms with E-state index in [4.69, 9.17) is 5.11 Å². The zero-order valence-electron chi connectivity index (χ0n) is 10.8. The number of rotatable bonds is 4. The van der Waals surface area contributed by atoms with Gasteiger partial charge in [0, 0.05) is 6.54 Å². The Morgan fingerprint density at radius 1 is 1.05 bits per heavy atom. The number of aliphatic carboxylic acids is 1. The van der Waals surface area contributed by atoms with Crippen molar-refractivity contribution < 1.29 is 41.0 Å². The van der Waals surface area contributed by atoms with Crippen molar-refractivity contribution in [1.29, 1.82) is 0 Å². The lowest BCUT2D eigenvalue weighted by atomic mass is 9.98. The maximum absolute atomic E-state index is 12.4. The molecule has 118 valence electrons. The van der Waals surface area contributed by atoms with Crippen molar-refractivity contribution in [2.45, 2.75) is 38.7 Å². The maximum atomic E-state index is 12.4. The van der Waals surface area contributed by atoms with Crippen molar-refractivity contribution in [3.05, 3.63) is 0 Å². The zero-order valence-corrected chi connectivity index (χ0v) is 10.8. The Kier molecular flexibility index (Phi) is 5.08. The molecule has 0 aliphatic heterocycles. The highest BCUT2D eigenvalue weighted by Crippen LogP contribution is 2.41. The highest BCUT2D eigenvalue weighted by molar-refractivity contribution is 5.88. The molecule has 0 aromatic rings. The number of carboxylic acid groups (broad SMARTS) is 1. The lowest BCUT2D eigenvalue weighted by molar-refractivity contribution is -0.278. The zero-order chi connectivity index (χ0) is 16.5. The summed E-state index contributed by atoms with van der Waals surface area (Å²) in [6.45, 7) is 2.17. The van der Waals surface area contributed by atoms with Crippen LogP contribution >= 0.6 is 0 Å². The average molecular weight is 309 g/mol. The molecule has 0 radical (unpaired) electrons. The Hall–Kier alpha value is -1.48. The van der Waals surface area contributed by atoms with Gasteiger partial charge in [-0.3, -0.25) is 4.79 Å². The highest BCUT2D eigenvalue weighted by atomic mass is 19.4. The first kappa shape index (κ1) is 18.5. The Labute approximate surface area is 110 Å². The van der Waals surface area contributed by atoms with Gasteiger partial charge < -0.3 is 10.0 Å². The molecular formula is C10H13F6NO3. The summed E-state index contributed by atoms with van der Waals surface area (Å²) in [5.74, 6) is -8.29. The van der Waals surface area contributed by atoms with Gasteiger partial charge >= 0.3 is 18.3 Å². The Morgan fingerprint density at radius 3 is 1.60 bits per heavy atom. The van der Waals surface area contributed by atoms with Crippen molar-refractivity contribution in [1.82, 2.24) is 4.90 Å². The van der Waals surface area contributed by atoms with Crippen molar-refractivity contribution >= 4 is 11.9 Å². The molecule has 0 atom stereocenters. The summed E-state index contributed by atoms with van der Waals surface area (Å²) in [5.41, 5.74) is -2.19. The molecule has 10 heteroatoms. The van der Waals surface area contributed by atoms with Crippen molar-refractivity contribution in [3.63, 3.8) is 0 Å². The molecule has 4 nitrogen and oxygen atoms in total. The average Bonchev–Trinajstić information content (AvgIpc) is 2.12. The van der Waals surface area contributed by atoms with Gasteiger partial charge in [-0.15, -0.1) is 0 Å². The second kappa shape index (κ2) is 5.49. The fraction of sp³-hybridized carbons (Fsp3) is 0.800. The van der Waals surface area contributed by atoms with Gasteiger partial charge in [0.25, 0.3) is 0 Å². The van der Waals surface area contributed by atoms with Crippen LogP contribution in [0.1, 0.15) is 20.8 Å². The third-order valence-corrected chi connectivity index (χ3v) is 2.68. The fourth-order valence-electron chi connectivity index (χ4n) is 1.56. The lowest BCUT2D eigenvalue weighted by Gasteiger charge is -2.37. The quantitative estimate of drug-likeness (QED) is 0.812. The van der Waals surface area contributed by atoms with Gasteiger partial charge in [-0.25, -0.2) is 4.79 Å². The summed E-state index contributed by atoms with van der Waals surface area (Å²) in [4.78, 5) is 22.5. The van der Waals surface area contributed by atoms with Gasteiger partial charge in [-0.2, -0.15) is 26.3 Å². The molecule has 1 N–H and O–H groups in total. The molecule has 0 aliphatic carbocycles. The summed E-state index contributed by atoms with van der Waals surface area (Å²) in [6.07, 6.45) is -11.7. The molecule has 0 saturated heterocycles. The molecule has 0 aromatic carbocycles. The molecule has 0 bridgehead atoms. The van der Waals surface area contributed by atoms with E-state index in [9.17, 15) is 35.9 Å². The monoisotopic (exact) mass is 309 g/mol. The molecule has 0 unspecified atom stereocenters. The Morgan fingerprint density at radius 2 is 1.40 bits per heavy atom. The van der Waals surface area contributed by atoms with E-state index in [0.29, 0.717) is 0 Å². The van der Waals surface area contributed by atoms with Gasteiger partial charge in [0.2, 0.25) is 11.8 Å². The highest BCUT2D eigenvalue weighted by Gasteiger charge is 2.63. The maximum Gasteiger partial charge on any atom is 0.409 e. The van der Waals surface area contributed by atoms with Crippen LogP contribution in [0, 0.1) is 5.92 Å². The first-order valence-corrected chi connectivity index (χ1v) is 5.35. The fourth-order valence-corrected chi connectivity index (χ4v) is 1.56. The summed E-state index contributed by atoms with van der Waals surface area (Å²) in [5, 5.41) is 8.82. The molecule has 0 saturated carbocycles. The molecule has 0 spiro atoms. The molecule has 0 aromatic heterocycles. The molecule has 0 aliphatic rings. The number of hydrogen-bond acceptors (Lipinski definition) is 2. The van der Waals surface area contributed by atoms with E-state index < -0.39 is 42.2 Å². The van der Waals surface area contributed by atoms with E-state index in [-0.39, 0.29) is 4.90 Å². The van der Waals surface area contributed by atoms with Crippen molar-refractivity contribution in [3.8, 4) is 0 Å². The van der Waals surface area contributed by atoms with Gasteiger partial charge in [0.1, 0.15) is 5.54 Å². The number of carboxylic acids is 1. The van der Waals surface area contributed by atoms with Crippen molar-refractivity contribution in [2.24, 2.45) is 5.92 Å². The number of alkyl halides is 6. The van der Waals surface area contributed by atoms with E-state index in [2.05, 4.69) is 0 Å². The van der Waals surface area contributed by atoms with Crippen LogP contribution in [-0.4, -0.2) is 46.3 Å². The number of amides is 1. The molecule has 0 rings (SSSR count). The topological polar surface area (TPSA) is 57.6 Å². The van der Waals surface area contributed by atoms with Gasteiger partial charge in [-0.05, 0) is 20.8 Å². The van der Waals surface area contributed by atoms with Gasteiger partial charge in [-0.1, -0.05) is 0 Å². The lowest BCUT2D eigenvalue weighted by Crippen LogP contribution is -2.58. The Balaban J connectivity index is 5.73. The minimum atomic E-state index is -5.85. The molecule has 1 amide bonds. The Bertz CT molecular complexity index is 373. The first-order valence-electron chi connectivity index (χ1n) is 5.35.